The second kappa shape index (κ2) is 9.13. The maximum atomic E-state index is 14.0. The fraction of sp³-hybridized carbons (Fsp3) is 0.0345. The predicted molar refractivity (Wildman–Crippen MR) is 148 cm³/mol. The van der Waals surface area contributed by atoms with Gasteiger partial charge in [0.2, 0.25) is 4.33 Å². The van der Waals surface area contributed by atoms with Gasteiger partial charge >= 0.3 is 0 Å². The summed E-state index contributed by atoms with van der Waals surface area (Å²) in [5.41, 5.74) is 3.77. The number of hydrazone groups is 1. The summed E-state index contributed by atoms with van der Waals surface area (Å²) < 4.78 is -0.842. The maximum Gasteiger partial charge on any atom is 0.268 e. The number of carbonyl (C=O) groups excluding carboxylic acids is 1. The predicted octanol–water partition coefficient (Wildman–Crippen LogP) is 7.03. The second-order valence-electron chi connectivity index (χ2n) is 8.07. The Bertz CT molecular complexity index is 1410. The van der Waals surface area contributed by atoms with E-state index in [0.717, 1.165) is 27.5 Å². The molecular formula is C29H21N3OS2. The Labute approximate surface area is 213 Å². The Hall–Kier alpha value is -3.74. The number of rotatable bonds is 4. The van der Waals surface area contributed by atoms with Crippen LogP contribution in [0.4, 0.5) is 11.4 Å². The van der Waals surface area contributed by atoms with E-state index >= 15 is 0 Å². The number of carbonyl (C=O) groups is 1. The van der Waals surface area contributed by atoms with E-state index in [2.05, 4.69) is 12.1 Å². The maximum absolute atomic E-state index is 14.0. The minimum atomic E-state index is -0.842. The van der Waals surface area contributed by atoms with Crippen molar-refractivity contribution in [3.63, 3.8) is 0 Å². The SMILES string of the molecule is O=C1C(=Cc2ccccc2)SC2(SC(c3ccccc3)=NN2c2ccccc2)N1c1ccccc1. The second-order valence-corrected chi connectivity index (χ2v) is 10.7. The van der Waals surface area contributed by atoms with Crippen LogP contribution >= 0.6 is 23.5 Å². The third kappa shape index (κ3) is 3.95. The van der Waals surface area contributed by atoms with Crippen molar-refractivity contribution in [2.24, 2.45) is 5.10 Å². The molecule has 2 aliphatic heterocycles. The third-order valence-corrected chi connectivity index (χ3v) is 8.53. The molecule has 0 N–H and O–H groups in total. The number of amides is 1. The lowest BCUT2D eigenvalue weighted by atomic mass is 10.2. The molecule has 1 fully saturated rings. The molecule has 35 heavy (non-hydrogen) atoms. The summed E-state index contributed by atoms with van der Waals surface area (Å²) in [6, 6.07) is 40.0. The Balaban J connectivity index is 1.53. The summed E-state index contributed by atoms with van der Waals surface area (Å²) in [7, 11) is 0. The number of hydrogen-bond acceptors (Lipinski definition) is 5. The minimum absolute atomic E-state index is 0.0389. The Morgan fingerprint density at radius 1 is 0.657 bits per heavy atom. The molecule has 4 aromatic carbocycles. The summed E-state index contributed by atoms with van der Waals surface area (Å²) in [6.07, 6.45) is 1.97. The quantitative estimate of drug-likeness (QED) is 0.287. The number of thioether (sulfide) groups is 2. The summed E-state index contributed by atoms with van der Waals surface area (Å²) in [5.74, 6) is -0.0389. The van der Waals surface area contributed by atoms with Crippen LogP contribution in [0, 0.1) is 0 Å². The van der Waals surface area contributed by atoms with Crippen molar-refractivity contribution in [1.82, 2.24) is 0 Å². The topological polar surface area (TPSA) is 35.9 Å². The largest absolute Gasteiger partial charge is 0.268 e. The van der Waals surface area contributed by atoms with Crippen LogP contribution in [0.1, 0.15) is 11.1 Å². The van der Waals surface area contributed by atoms with E-state index < -0.39 is 4.33 Å². The van der Waals surface area contributed by atoms with Crippen LogP contribution in [-0.2, 0) is 4.79 Å². The van der Waals surface area contributed by atoms with Gasteiger partial charge in [0.15, 0.2) is 0 Å². The van der Waals surface area contributed by atoms with Crippen molar-refractivity contribution >= 4 is 51.9 Å². The van der Waals surface area contributed by atoms with Gasteiger partial charge in [0, 0.05) is 11.3 Å². The normalized spacial score (nSPS) is 20.6. The molecule has 1 amide bonds. The van der Waals surface area contributed by atoms with Gasteiger partial charge in [-0.25, -0.2) is 5.01 Å². The van der Waals surface area contributed by atoms with Crippen molar-refractivity contribution in [2.75, 3.05) is 9.91 Å². The smallest absolute Gasteiger partial charge is 0.268 e. The number of anilines is 2. The Morgan fingerprint density at radius 2 is 1.20 bits per heavy atom. The van der Waals surface area contributed by atoms with Crippen LogP contribution in [0.15, 0.2) is 131 Å². The van der Waals surface area contributed by atoms with Crippen LogP contribution < -0.4 is 9.91 Å². The summed E-state index contributed by atoms with van der Waals surface area (Å²) in [6.45, 7) is 0. The molecule has 1 spiro atoms. The fourth-order valence-corrected chi connectivity index (χ4v) is 7.14. The van der Waals surface area contributed by atoms with Crippen molar-refractivity contribution in [3.05, 3.63) is 137 Å². The van der Waals surface area contributed by atoms with Crippen molar-refractivity contribution in [2.45, 2.75) is 4.33 Å². The molecule has 1 unspecified atom stereocenters. The molecule has 0 aliphatic carbocycles. The molecule has 2 heterocycles. The third-order valence-electron chi connectivity index (χ3n) is 5.76. The molecule has 4 aromatic rings. The lowest BCUT2D eigenvalue weighted by Crippen LogP contribution is -2.51. The van der Waals surface area contributed by atoms with Crippen LogP contribution in [0.3, 0.4) is 0 Å². The molecule has 6 heteroatoms. The zero-order valence-electron chi connectivity index (χ0n) is 18.7. The van der Waals surface area contributed by atoms with Gasteiger partial charge < -0.3 is 0 Å². The molecule has 4 nitrogen and oxygen atoms in total. The molecule has 0 saturated carbocycles. The molecule has 0 bridgehead atoms. The molecule has 170 valence electrons. The first-order chi connectivity index (χ1) is 17.2. The van der Waals surface area contributed by atoms with Crippen molar-refractivity contribution < 1.29 is 4.79 Å². The van der Waals surface area contributed by atoms with Gasteiger partial charge in [-0.1, -0.05) is 109 Å². The zero-order chi connectivity index (χ0) is 23.7. The first kappa shape index (κ1) is 21.8. The molecule has 6 rings (SSSR count). The molecular weight excluding hydrogens is 470 g/mol. The lowest BCUT2D eigenvalue weighted by Gasteiger charge is -2.38. The van der Waals surface area contributed by atoms with Gasteiger partial charge in [-0.2, -0.15) is 5.10 Å². The summed E-state index contributed by atoms with van der Waals surface area (Å²) >= 11 is 3.14. The molecule has 1 saturated heterocycles. The lowest BCUT2D eigenvalue weighted by molar-refractivity contribution is -0.114. The molecule has 2 aliphatic rings. The van der Waals surface area contributed by atoms with E-state index in [-0.39, 0.29) is 5.91 Å². The molecule has 0 aromatic heterocycles. The van der Waals surface area contributed by atoms with E-state index in [4.69, 9.17) is 5.10 Å². The highest BCUT2D eigenvalue weighted by atomic mass is 32.2. The van der Waals surface area contributed by atoms with Crippen LogP contribution in [0.25, 0.3) is 6.08 Å². The highest BCUT2D eigenvalue weighted by molar-refractivity contribution is 8.28. The number of nitrogens with zero attached hydrogens (tertiary/aromatic N) is 3. The summed E-state index contributed by atoms with van der Waals surface area (Å²) in [4.78, 5) is 16.6. The van der Waals surface area contributed by atoms with E-state index in [1.165, 1.54) is 11.8 Å². The Morgan fingerprint density at radius 3 is 1.83 bits per heavy atom. The van der Waals surface area contributed by atoms with Gasteiger partial charge in [0.1, 0.15) is 5.04 Å². The average molecular weight is 492 g/mol. The van der Waals surface area contributed by atoms with E-state index in [1.807, 2.05) is 125 Å². The first-order valence-corrected chi connectivity index (χ1v) is 12.9. The number of hydrogen-bond donors (Lipinski definition) is 0. The number of benzene rings is 4. The monoisotopic (exact) mass is 491 g/mol. The van der Waals surface area contributed by atoms with Crippen LogP contribution in [0.5, 0.6) is 0 Å². The zero-order valence-corrected chi connectivity index (χ0v) is 20.3. The first-order valence-electron chi connectivity index (χ1n) is 11.3. The Kier molecular flexibility index (Phi) is 5.68. The van der Waals surface area contributed by atoms with Gasteiger partial charge in [-0.15, -0.1) is 0 Å². The van der Waals surface area contributed by atoms with E-state index in [9.17, 15) is 4.79 Å². The molecule has 1 atom stereocenters. The van der Waals surface area contributed by atoms with E-state index in [1.54, 1.807) is 11.8 Å². The number of para-hydroxylation sites is 2. The van der Waals surface area contributed by atoms with E-state index in [0.29, 0.717) is 4.91 Å². The van der Waals surface area contributed by atoms with Gasteiger partial charge in [0.25, 0.3) is 5.91 Å². The highest BCUT2D eigenvalue weighted by Gasteiger charge is 2.59. The van der Waals surface area contributed by atoms with Crippen LogP contribution in [-0.4, -0.2) is 15.3 Å². The minimum Gasteiger partial charge on any atom is -0.268 e. The average Bonchev–Trinajstić information content (AvgIpc) is 3.43. The highest BCUT2D eigenvalue weighted by Crippen LogP contribution is 2.59. The summed E-state index contributed by atoms with van der Waals surface area (Å²) in [5, 5.41) is 7.95. The van der Waals surface area contributed by atoms with Gasteiger partial charge in [0.05, 0.1) is 10.6 Å². The van der Waals surface area contributed by atoms with Crippen molar-refractivity contribution in [3.8, 4) is 0 Å². The molecule has 0 radical (unpaired) electrons. The van der Waals surface area contributed by atoms with Gasteiger partial charge in [-0.3, -0.25) is 9.69 Å². The van der Waals surface area contributed by atoms with Crippen LogP contribution in [0.2, 0.25) is 0 Å². The van der Waals surface area contributed by atoms with Gasteiger partial charge in [-0.05, 0) is 47.7 Å². The standard InChI is InChI=1S/C29H21N3OS2/c33-28-26(21-22-13-5-1-6-14-22)34-29(31(28)24-17-9-3-10-18-24)32(25-19-11-4-12-20-25)30-27(35-29)23-15-7-2-8-16-23/h1-21H. The fourth-order valence-electron chi connectivity index (χ4n) is 4.16. The van der Waals surface area contributed by atoms with Crippen molar-refractivity contribution in [1.29, 1.82) is 0 Å².